The molecule has 2 heterocycles. The summed E-state index contributed by atoms with van der Waals surface area (Å²) < 4.78 is 0. The van der Waals surface area contributed by atoms with Gasteiger partial charge in [-0.15, -0.1) is 0 Å². The second kappa shape index (κ2) is 7.78. The Balaban J connectivity index is 2.06. The van der Waals surface area contributed by atoms with Gasteiger partial charge in [0.15, 0.2) is 0 Å². The Hall–Kier alpha value is -2.90. The number of amides is 1. The molecule has 2 aromatic heterocycles. The lowest BCUT2D eigenvalue weighted by Crippen LogP contribution is -2.41. The number of aryl methyl sites for hydroxylation is 2. The third-order valence-corrected chi connectivity index (χ3v) is 3.89. The van der Waals surface area contributed by atoms with Crippen LogP contribution in [0, 0.1) is 19.8 Å². The van der Waals surface area contributed by atoms with Crippen LogP contribution in [0.3, 0.4) is 0 Å². The van der Waals surface area contributed by atoms with Crippen LogP contribution in [0.25, 0.3) is 0 Å². The van der Waals surface area contributed by atoms with Gasteiger partial charge in [0.2, 0.25) is 5.95 Å². The van der Waals surface area contributed by atoms with Crippen LogP contribution >= 0.6 is 0 Å². The first-order valence-corrected chi connectivity index (χ1v) is 8.08. The number of carbonyl (C=O) groups excluding carboxylic acids is 1. The van der Waals surface area contributed by atoms with E-state index in [-0.39, 0.29) is 29.6 Å². The van der Waals surface area contributed by atoms with E-state index in [0.717, 1.165) is 0 Å². The predicted molar refractivity (Wildman–Crippen MR) is 96.0 cm³/mol. The van der Waals surface area contributed by atoms with Crippen molar-refractivity contribution in [3.63, 3.8) is 0 Å². The smallest absolute Gasteiger partial charge is 0.260 e. The molecule has 0 aliphatic heterocycles. The average Bonchev–Trinajstić information content (AvgIpc) is 2.54. The van der Waals surface area contributed by atoms with E-state index in [4.69, 9.17) is 0 Å². The van der Waals surface area contributed by atoms with E-state index in [1.54, 1.807) is 19.9 Å². The molecule has 2 rings (SSSR count). The minimum Gasteiger partial charge on any atom is -0.351 e. The molecule has 0 spiro atoms. The lowest BCUT2D eigenvalue weighted by molar-refractivity contribution is 0.0948. The third kappa shape index (κ3) is 4.79. The molecule has 8 nitrogen and oxygen atoms in total. The minimum absolute atomic E-state index is 0.0648. The molecule has 0 aliphatic rings. The van der Waals surface area contributed by atoms with Gasteiger partial charge >= 0.3 is 0 Å². The van der Waals surface area contributed by atoms with Crippen LogP contribution in [0.1, 0.15) is 35.5 Å². The van der Waals surface area contributed by atoms with E-state index < -0.39 is 11.5 Å². The van der Waals surface area contributed by atoms with Gasteiger partial charge in [-0.25, -0.2) is 4.98 Å². The van der Waals surface area contributed by atoms with Crippen molar-refractivity contribution in [2.75, 3.05) is 11.9 Å². The number of aromatic nitrogens is 3. The van der Waals surface area contributed by atoms with Crippen LogP contribution in [-0.2, 0) is 0 Å². The summed E-state index contributed by atoms with van der Waals surface area (Å²) in [5.41, 5.74) is 0.650. The van der Waals surface area contributed by atoms with E-state index >= 15 is 0 Å². The average molecular weight is 345 g/mol. The predicted octanol–water partition coefficient (Wildman–Crippen LogP) is 0.942. The number of nitrogens with zero attached hydrogens (tertiary/aromatic N) is 1. The number of nitrogens with one attached hydrogen (secondary N) is 4. The molecule has 1 amide bonds. The molecule has 8 heteroatoms. The van der Waals surface area contributed by atoms with Crippen LogP contribution in [-0.4, -0.2) is 33.4 Å². The van der Waals surface area contributed by atoms with Gasteiger partial charge in [0, 0.05) is 30.0 Å². The molecular formula is C17H23N5O3. The van der Waals surface area contributed by atoms with E-state index in [1.165, 1.54) is 12.3 Å². The first kappa shape index (κ1) is 18.4. The van der Waals surface area contributed by atoms with Crippen LogP contribution in [0.15, 0.2) is 27.9 Å². The molecule has 0 aromatic carbocycles. The van der Waals surface area contributed by atoms with Crippen LogP contribution in [0.5, 0.6) is 0 Å². The molecule has 0 aliphatic carbocycles. The fourth-order valence-corrected chi connectivity index (χ4v) is 2.21. The molecule has 1 atom stereocenters. The van der Waals surface area contributed by atoms with Gasteiger partial charge in [-0.2, -0.15) is 0 Å². The van der Waals surface area contributed by atoms with Crippen molar-refractivity contribution in [1.29, 1.82) is 0 Å². The van der Waals surface area contributed by atoms with Gasteiger partial charge in [-0.05, 0) is 31.9 Å². The summed E-state index contributed by atoms with van der Waals surface area (Å²) in [6.07, 6.45) is 1.49. The summed E-state index contributed by atoms with van der Waals surface area (Å²) in [6, 6.07) is 3.01. The third-order valence-electron chi connectivity index (χ3n) is 3.89. The number of carbonyl (C=O) groups is 1. The maximum Gasteiger partial charge on any atom is 0.260 e. The molecule has 0 saturated carbocycles. The molecular weight excluding hydrogens is 322 g/mol. The highest BCUT2D eigenvalue weighted by atomic mass is 16.2. The fourth-order valence-electron chi connectivity index (χ4n) is 2.21. The normalized spacial score (nSPS) is 12.0. The summed E-state index contributed by atoms with van der Waals surface area (Å²) in [5.74, 6) is 0.0546. The summed E-state index contributed by atoms with van der Waals surface area (Å²) in [5, 5.41) is 5.86. The molecule has 2 aromatic rings. The monoisotopic (exact) mass is 345 g/mol. The topological polar surface area (TPSA) is 120 Å². The van der Waals surface area contributed by atoms with Gasteiger partial charge < -0.3 is 15.6 Å². The van der Waals surface area contributed by atoms with E-state index in [2.05, 4.69) is 25.6 Å². The molecule has 0 bridgehead atoms. The zero-order valence-corrected chi connectivity index (χ0v) is 14.8. The molecule has 25 heavy (non-hydrogen) atoms. The molecule has 0 saturated heterocycles. The number of anilines is 1. The van der Waals surface area contributed by atoms with Gasteiger partial charge in [-0.3, -0.25) is 19.4 Å². The maximum atomic E-state index is 12.2. The Morgan fingerprint density at radius 1 is 1.16 bits per heavy atom. The molecule has 0 radical (unpaired) electrons. The van der Waals surface area contributed by atoms with Gasteiger partial charge in [-0.1, -0.05) is 13.8 Å². The van der Waals surface area contributed by atoms with Gasteiger partial charge in [0.05, 0.1) is 0 Å². The van der Waals surface area contributed by atoms with E-state index in [0.29, 0.717) is 17.2 Å². The van der Waals surface area contributed by atoms with E-state index in [1.807, 2.05) is 13.8 Å². The minimum atomic E-state index is -0.445. The standard InChI is InChI=1S/C17H23N5O3/c1-9(2)13(21-17-19-7-10(3)14(23)22-17)8-18-15(24)12-6-5-11(4)20-16(12)25/h5-7,9,13H,8H2,1-4H3,(H,18,24)(H,20,25)(H2,19,21,22,23). The zero-order chi connectivity index (χ0) is 18.6. The number of rotatable bonds is 6. The molecule has 4 N–H and O–H groups in total. The second-order valence-electron chi connectivity index (χ2n) is 6.33. The lowest BCUT2D eigenvalue weighted by Gasteiger charge is -2.23. The van der Waals surface area contributed by atoms with Crippen molar-refractivity contribution in [1.82, 2.24) is 20.3 Å². The highest BCUT2D eigenvalue weighted by molar-refractivity contribution is 5.93. The highest BCUT2D eigenvalue weighted by Crippen LogP contribution is 2.07. The largest absolute Gasteiger partial charge is 0.351 e. The summed E-state index contributed by atoms with van der Waals surface area (Å²) >= 11 is 0. The Morgan fingerprint density at radius 2 is 1.88 bits per heavy atom. The molecule has 134 valence electrons. The summed E-state index contributed by atoms with van der Waals surface area (Å²) in [7, 11) is 0. The Morgan fingerprint density at radius 3 is 2.48 bits per heavy atom. The molecule has 1 unspecified atom stereocenters. The van der Waals surface area contributed by atoms with Crippen molar-refractivity contribution >= 4 is 11.9 Å². The van der Waals surface area contributed by atoms with Crippen molar-refractivity contribution < 1.29 is 4.79 Å². The summed E-state index contributed by atoms with van der Waals surface area (Å²) in [4.78, 5) is 45.1. The van der Waals surface area contributed by atoms with Crippen molar-refractivity contribution in [3.05, 3.63) is 55.9 Å². The van der Waals surface area contributed by atoms with Crippen LogP contribution in [0.2, 0.25) is 0 Å². The van der Waals surface area contributed by atoms with Crippen LogP contribution < -0.4 is 21.8 Å². The second-order valence-corrected chi connectivity index (χ2v) is 6.33. The van der Waals surface area contributed by atoms with Gasteiger partial charge in [0.25, 0.3) is 17.0 Å². The Labute approximate surface area is 145 Å². The van der Waals surface area contributed by atoms with Crippen molar-refractivity contribution in [3.8, 4) is 0 Å². The zero-order valence-electron chi connectivity index (χ0n) is 14.8. The van der Waals surface area contributed by atoms with Gasteiger partial charge in [0.1, 0.15) is 5.56 Å². The first-order valence-electron chi connectivity index (χ1n) is 8.08. The van der Waals surface area contributed by atoms with Crippen molar-refractivity contribution in [2.45, 2.75) is 33.7 Å². The lowest BCUT2D eigenvalue weighted by atomic mass is 10.0. The van der Waals surface area contributed by atoms with E-state index in [9.17, 15) is 14.4 Å². The number of pyridine rings is 1. The maximum absolute atomic E-state index is 12.2. The Bertz CT molecular complexity index is 869. The number of hydrogen-bond donors (Lipinski definition) is 4. The van der Waals surface area contributed by atoms with Crippen molar-refractivity contribution in [2.24, 2.45) is 5.92 Å². The number of hydrogen-bond acceptors (Lipinski definition) is 5. The van der Waals surface area contributed by atoms with Crippen LogP contribution in [0.4, 0.5) is 5.95 Å². The molecule has 0 fully saturated rings. The highest BCUT2D eigenvalue weighted by Gasteiger charge is 2.17. The Kier molecular flexibility index (Phi) is 5.74. The quantitative estimate of drug-likeness (QED) is 0.621. The number of aromatic amines is 2. The number of H-pyrrole nitrogens is 2. The fraction of sp³-hybridized carbons (Fsp3) is 0.412. The first-order chi connectivity index (χ1) is 11.8. The summed E-state index contributed by atoms with van der Waals surface area (Å²) in [6.45, 7) is 7.66. The SMILES string of the molecule is Cc1ccc(C(=O)NCC(Nc2ncc(C)c(=O)[nH]2)C(C)C)c(=O)[nH]1.